The Morgan fingerprint density at radius 1 is 0.404 bits per heavy atom. The van der Waals surface area contributed by atoms with Crippen LogP contribution in [-0.4, -0.2) is 9.55 Å². The smallest absolute Gasteiger partial charge is 0.227 e. The van der Waals surface area contributed by atoms with E-state index in [4.69, 9.17) is 9.40 Å². The molecule has 0 atom stereocenters. The molecule has 0 saturated heterocycles. The van der Waals surface area contributed by atoms with Crippen LogP contribution in [0.25, 0.3) is 83.1 Å². The number of anilines is 3. The Bertz CT molecular complexity index is 3200. The summed E-state index contributed by atoms with van der Waals surface area (Å²) in [6.07, 6.45) is 0. The Balaban J connectivity index is 1.06. The molecule has 0 aliphatic carbocycles. The van der Waals surface area contributed by atoms with E-state index >= 15 is 0 Å². The molecule has 0 bridgehead atoms. The molecule has 9 aromatic carbocycles. The maximum atomic E-state index is 6.52. The second-order valence-corrected chi connectivity index (χ2v) is 14.4. The number of nitrogens with zero attached hydrogens (tertiary/aromatic N) is 3. The zero-order valence-electron chi connectivity index (χ0n) is 31.0. The lowest BCUT2D eigenvalue weighted by molar-refractivity contribution is 0.623. The number of fused-ring (bicyclic) bond motifs is 6. The highest BCUT2D eigenvalue weighted by Gasteiger charge is 2.20. The van der Waals surface area contributed by atoms with Crippen LogP contribution < -0.4 is 4.90 Å². The molecule has 268 valence electrons. The Hall–Kier alpha value is -7.69. The lowest BCUT2D eigenvalue weighted by Gasteiger charge is -2.26. The van der Waals surface area contributed by atoms with Gasteiger partial charge in [0.15, 0.2) is 5.58 Å². The number of hydrogen-bond donors (Lipinski definition) is 0. The van der Waals surface area contributed by atoms with Gasteiger partial charge < -0.3 is 13.9 Å². The van der Waals surface area contributed by atoms with E-state index in [2.05, 4.69) is 191 Å². The average Bonchev–Trinajstić information content (AvgIpc) is 3.88. The van der Waals surface area contributed by atoms with E-state index in [0.717, 1.165) is 61.3 Å². The van der Waals surface area contributed by atoms with Crippen molar-refractivity contribution >= 4 is 60.7 Å². The predicted molar refractivity (Wildman–Crippen MR) is 237 cm³/mol. The van der Waals surface area contributed by atoms with Crippen LogP contribution in [0.15, 0.2) is 217 Å². The SMILES string of the molecule is c1ccc(-c2ccc(N(c3ccc(-c4cc5ccccc5c5oc(-c6ccccc6)nc45)cc3)c3ccc4c(c3)c3ccccc3n4-c3ccccc3)cc2)cc1. The largest absolute Gasteiger partial charge is 0.435 e. The van der Waals surface area contributed by atoms with Gasteiger partial charge in [-0.2, -0.15) is 0 Å². The number of rotatable bonds is 7. The van der Waals surface area contributed by atoms with Gasteiger partial charge in [-0.15, -0.1) is 0 Å². The molecule has 0 fully saturated rings. The van der Waals surface area contributed by atoms with E-state index in [1.165, 1.54) is 32.9 Å². The van der Waals surface area contributed by atoms with Crippen LogP contribution in [0, 0.1) is 0 Å². The van der Waals surface area contributed by atoms with Crippen molar-refractivity contribution in [2.45, 2.75) is 0 Å². The molecule has 0 radical (unpaired) electrons. The lowest BCUT2D eigenvalue weighted by Crippen LogP contribution is -2.10. The van der Waals surface area contributed by atoms with Crippen LogP contribution in [0.3, 0.4) is 0 Å². The van der Waals surface area contributed by atoms with Crippen LogP contribution in [0.4, 0.5) is 17.1 Å². The van der Waals surface area contributed by atoms with E-state index in [1.807, 2.05) is 30.3 Å². The monoisotopic (exact) mass is 729 g/mol. The van der Waals surface area contributed by atoms with Crippen molar-refractivity contribution in [2.24, 2.45) is 0 Å². The van der Waals surface area contributed by atoms with Gasteiger partial charge in [-0.3, -0.25) is 0 Å². The number of benzene rings is 9. The highest BCUT2D eigenvalue weighted by molar-refractivity contribution is 6.12. The van der Waals surface area contributed by atoms with Crippen LogP contribution in [0.2, 0.25) is 0 Å². The van der Waals surface area contributed by atoms with Crippen molar-refractivity contribution in [2.75, 3.05) is 4.90 Å². The summed E-state index contributed by atoms with van der Waals surface area (Å²) < 4.78 is 8.88. The topological polar surface area (TPSA) is 34.2 Å². The highest BCUT2D eigenvalue weighted by Crippen LogP contribution is 2.42. The number of aromatic nitrogens is 2. The fourth-order valence-electron chi connectivity index (χ4n) is 8.29. The van der Waals surface area contributed by atoms with Crippen molar-refractivity contribution in [3.05, 3.63) is 212 Å². The van der Waals surface area contributed by atoms with Gasteiger partial charge in [0, 0.05) is 50.0 Å². The van der Waals surface area contributed by atoms with Crippen molar-refractivity contribution in [3.63, 3.8) is 0 Å². The molecular formula is C53H35N3O. The quantitative estimate of drug-likeness (QED) is 0.164. The van der Waals surface area contributed by atoms with Gasteiger partial charge in [-0.25, -0.2) is 4.98 Å². The fraction of sp³-hybridized carbons (Fsp3) is 0. The van der Waals surface area contributed by atoms with Gasteiger partial charge >= 0.3 is 0 Å². The molecule has 11 rings (SSSR count). The first-order valence-corrected chi connectivity index (χ1v) is 19.3. The molecule has 0 N–H and O–H groups in total. The Morgan fingerprint density at radius 3 is 1.67 bits per heavy atom. The van der Waals surface area contributed by atoms with E-state index < -0.39 is 0 Å². The molecule has 2 heterocycles. The summed E-state index contributed by atoms with van der Waals surface area (Å²) in [6.45, 7) is 0. The summed E-state index contributed by atoms with van der Waals surface area (Å²) in [4.78, 5) is 7.45. The second-order valence-electron chi connectivity index (χ2n) is 14.4. The summed E-state index contributed by atoms with van der Waals surface area (Å²) in [6, 6.07) is 75.2. The van der Waals surface area contributed by atoms with Crippen molar-refractivity contribution in [3.8, 4) is 39.4 Å². The fourth-order valence-corrected chi connectivity index (χ4v) is 8.29. The van der Waals surface area contributed by atoms with Gasteiger partial charge in [-0.05, 0) is 101 Å². The van der Waals surface area contributed by atoms with Crippen molar-refractivity contribution in [1.29, 1.82) is 0 Å². The molecule has 4 nitrogen and oxygen atoms in total. The van der Waals surface area contributed by atoms with E-state index in [9.17, 15) is 0 Å². The maximum Gasteiger partial charge on any atom is 0.227 e. The molecule has 0 amide bonds. The molecular weight excluding hydrogens is 695 g/mol. The first-order valence-electron chi connectivity index (χ1n) is 19.3. The van der Waals surface area contributed by atoms with Crippen molar-refractivity contribution < 1.29 is 4.42 Å². The second kappa shape index (κ2) is 13.6. The average molecular weight is 730 g/mol. The third-order valence-corrected chi connectivity index (χ3v) is 11.0. The van der Waals surface area contributed by atoms with Gasteiger partial charge in [0.2, 0.25) is 5.89 Å². The lowest BCUT2D eigenvalue weighted by atomic mass is 9.99. The minimum atomic E-state index is 0.619. The Kier molecular flexibility index (Phi) is 7.78. The van der Waals surface area contributed by atoms with Crippen LogP contribution in [0.5, 0.6) is 0 Å². The van der Waals surface area contributed by atoms with Crippen LogP contribution in [0.1, 0.15) is 0 Å². The normalized spacial score (nSPS) is 11.5. The Morgan fingerprint density at radius 2 is 0.947 bits per heavy atom. The number of oxazole rings is 1. The summed E-state index contributed by atoms with van der Waals surface area (Å²) in [7, 11) is 0. The molecule has 0 saturated carbocycles. The van der Waals surface area contributed by atoms with E-state index in [1.54, 1.807) is 0 Å². The van der Waals surface area contributed by atoms with Gasteiger partial charge in [0.05, 0.1) is 11.0 Å². The van der Waals surface area contributed by atoms with Gasteiger partial charge in [-0.1, -0.05) is 133 Å². The van der Waals surface area contributed by atoms with Crippen LogP contribution >= 0.6 is 0 Å². The van der Waals surface area contributed by atoms with Gasteiger partial charge in [0.25, 0.3) is 0 Å². The minimum Gasteiger partial charge on any atom is -0.435 e. The predicted octanol–water partition coefficient (Wildman–Crippen LogP) is 14.5. The summed E-state index contributed by atoms with van der Waals surface area (Å²) in [5.74, 6) is 0.619. The van der Waals surface area contributed by atoms with Gasteiger partial charge in [0.1, 0.15) is 5.52 Å². The molecule has 0 spiro atoms. The zero-order valence-corrected chi connectivity index (χ0v) is 31.0. The number of hydrogen-bond acceptors (Lipinski definition) is 3. The summed E-state index contributed by atoms with van der Waals surface area (Å²) in [5, 5.41) is 4.59. The summed E-state index contributed by atoms with van der Waals surface area (Å²) >= 11 is 0. The first kappa shape index (κ1) is 32.7. The highest BCUT2D eigenvalue weighted by atomic mass is 16.3. The van der Waals surface area contributed by atoms with E-state index in [0.29, 0.717) is 5.89 Å². The first-order chi connectivity index (χ1) is 28.3. The summed E-state index contributed by atoms with van der Waals surface area (Å²) in [5.41, 5.74) is 13.8. The number of para-hydroxylation sites is 2. The van der Waals surface area contributed by atoms with E-state index in [-0.39, 0.29) is 0 Å². The zero-order chi connectivity index (χ0) is 37.7. The molecule has 57 heavy (non-hydrogen) atoms. The molecule has 2 aromatic heterocycles. The minimum absolute atomic E-state index is 0.619. The standard InChI is InChI=1S/C53H35N3O/c1-4-14-36(15-5-1)37-24-28-42(29-25-37)55(44-32-33-50-48(35-44)46-22-12-13-23-49(46)56(50)41-19-8-3-9-20-41)43-30-26-38(27-31-43)47-34-40-18-10-11-21-45(40)52-51(47)54-53(57-52)39-16-6-2-7-17-39/h1-35H. The molecule has 4 heteroatoms. The molecule has 0 aliphatic rings. The third-order valence-electron chi connectivity index (χ3n) is 11.0. The maximum absolute atomic E-state index is 6.52. The molecule has 0 aliphatic heterocycles. The Labute approximate surface area is 330 Å². The van der Waals surface area contributed by atoms with Crippen molar-refractivity contribution in [1.82, 2.24) is 9.55 Å². The molecule has 0 unspecified atom stereocenters. The molecule has 11 aromatic rings. The third kappa shape index (κ3) is 5.66. The van der Waals surface area contributed by atoms with Crippen LogP contribution in [-0.2, 0) is 0 Å².